The van der Waals surface area contributed by atoms with E-state index in [4.69, 9.17) is 11.6 Å². The summed E-state index contributed by atoms with van der Waals surface area (Å²) in [7, 11) is 0. The molecule has 0 bridgehead atoms. The molecule has 1 N–H and O–H groups in total. The Morgan fingerprint density at radius 3 is 2.71 bits per heavy atom. The highest BCUT2D eigenvalue weighted by molar-refractivity contribution is 9.10. The molecule has 1 amide bonds. The Labute approximate surface area is 91.4 Å². The first kappa shape index (κ1) is 9.61. The predicted octanol–water partition coefficient (Wildman–Crippen LogP) is 2.38. The zero-order valence-corrected chi connectivity index (χ0v) is 8.87. The Morgan fingerprint density at radius 1 is 1.43 bits per heavy atom. The summed E-state index contributed by atoms with van der Waals surface area (Å²) >= 11 is 8.56. The molecule has 1 aromatic rings. The maximum Gasteiger partial charge on any atom is 0.296 e. The van der Waals surface area contributed by atoms with Gasteiger partial charge in [-0.05, 0) is 22.0 Å². The molecule has 1 aromatic carbocycles. The molecule has 0 aliphatic carbocycles. The van der Waals surface area contributed by atoms with E-state index in [2.05, 4.69) is 21.2 Å². The first-order valence-electron chi connectivity index (χ1n) is 3.55. The lowest BCUT2D eigenvalue weighted by atomic mass is 10.1. The molecule has 1 aliphatic heterocycles. The van der Waals surface area contributed by atoms with Crippen molar-refractivity contribution in [1.82, 2.24) is 0 Å². The number of benzene rings is 1. The largest absolute Gasteiger partial charge is 0.316 e. The monoisotopic (exact) mass is 277 g/mol. The Hall–Kier alpha value is -0.940. The highest BCUT2D eigenvalue weighted by Gasteiger charge is 2.32. The summed E-state index contributed by atoms with van der Waals surface area (Å²) in [6.45, 7) is 0. The van der Waals surface area contributed by atoms with Gasteiger partial charge in [-0.2, -0.15) is 0 Å². The second-order valence-electron chi connectivity index (χ2n) is 2.69. The molecule has 0 radical (unpaired) electrons. The molecule has 1 heterocycles. The number of ketones is 1. The van der Waals surface area contributed by atoms with Crippen LogP contribution in [0.1, 0.15) is 10.4 Å². The van der Waals surface area contributed by atoms with Crippen molar-refractivity contribution in [3.05, 3.63) is 26.9 Å². The van der Waals surface area contributed by atoms with Crippen LogP contribution in [0.25, 0.3) is 0 Å². The van der Waals surface area contributed by atoms with Gasteiger partial charge in [-0.25, -0.2) is 4.39 Å². The summed E-state index contributed by atoms with van der Waals surface area (Å²) < 4.78 is 13.6. The number of rotatable bonds is 0. The predicted molar refractivity (Wildman–Crippen MR) is 52.1 cm³/mol. The van der Waals surface area contributed by atoms with Crippen molar-refractivity contribution in [3.8, 4) is 0 Å². The van der Waals surface area contributed by atoms with Crippen LogP contribution < -0.4 is 5.32 Å². The molecule has 14 heavy (non-hydrogen) atoms. The minimum absolute atomic E-state index is 0.00350. The van der Waals surface area contributed by atoms with Gasteiger partial charge in [-0.15, -0.1) is 0 Å². The number of hydrogen-bond donors (Lipinski definition) is 1. The van der Waals surface area contributed by atoms with E-state index >= 15 is 0 Å². The summed E-state index contributed by atoms with van der Waals surface area (Å²) in [6.07, 6.45) is 0. The molecule has 6 heteroatoms. The van der Waals surface area contributed by atoms with Gasteiger partial charge in [0.05, 0.1) is 16.3 Å². The van der Waals surface area contributed by atoms with E-state index in [-0.39, 0.29) is 20.7 Å². The number of nitrogens with one attached hydrogen (secondary N) is 1. The number of carbonyl (C=O) groups excluding carboxylic acids is 2. The van der Waals surface area contributed by atoms with Gasteiger partial charge in [0.25, 0.3) is 11.7 Å². The van der Waals surface area contributed by atoms with Crippen molar-refractivity contribution in [3.63, 3.8) is 0 Å². The maximum absolute atomic E-state index is 13.4. The van der Waals surface area contributed by atoms with Crippen molar-refractivity contribution < 1.29 is 14.0 Å². The van der Waals surface area contributed by atoms with Gasteiger partial charge in [-0.1, -0.05) is 11.6 Å². The van der Waals surface area contributed by atoms with E-state index in [1.54, 1.807) is 0 Å². The third kappa shape index (κ3) is 1.16. The van der Waals surface area contributed by atoms with E-state index in [0.717, 1.165) is 0 Å². The lowest BCUT2D eigenvalue weighted by Gasteiger charge is -2.02. The van der Waals surface area contributed by atoms with E-state index in [9.17, 15) is 14.0 Å². The number of fused-ring (bicyclic) bond motifs is 1. The van der Waals surface area contributed by atoms with E-state index in [1.807, 2.05) is 0 Å². The lowest BCUT2D eigenvalue weighted by Crippen LogP contribution is -2.12. The van der Waals surface area contributed by atoms with Crippen LogP contribution in [0, 0.1) is 5.82 Å². The molecule has 0 unspecified atom stereocenters. The second kappa shape index (κ2) is 3.03. The van der Waals surface area contributed by atoms with Gasteiger partial charge in [0.1, 0.15) is 0 Å². The molecule has 3 nitrogen and oxygen atoms in total. The van der Waals surface area contributed by atoms with Crippen molar-refractivity contribution in [2.75, 3.05) is 5.32 Å². The van der Waals surface area contributed by atoms with Gasteiger partial charge < -0.3 is 5.32 Å². The second-order valence-corrected chi connectivity index (χ2v) is 3.92. The Bertz CT molecular complexity index is 475. The van der Waals surface area contributed by atoms with Crippen molar-refractivity contribution in [2.24, 2.45) is 0 Å². The van der Waals surface area contributed by atoms with Crippen LogP contribution in [0.3, 0.4) is 0 Å². The number of anilines is 1. The summed E-state index contributed by atoms with van der Waals surface area (Å²) in [5.41, 5.74) is -0.142. The van der Waals surface area contributed by atoms with Crippen LogP contribution in [0.5, 0.6) is 0 Å². The Balaban J connectivity index is 2.76. The van der Waals surface area contributed by atoms with Gasteiger partial charge >= 0.3 is 0 Å². The summed E-state index contributed by atoms with van der Waals surface area (Å²) in [5.74, 6) is -2.39. The van der Waals surface area contributed by atoms with Crippen LogP contribution in [0.2, 0.25) is 5.02 Å². The number of halogens is 3. The molecule has 1 aliphatic rings. The highest BCUT2D eigenvalue weighted by atomic mass is 79.9. The molecule has 0 saturated carbocycles. The summed E-state index contributed by atoms with van der Waals surface area (Å²) in [6, 6.07) is 1.32. The van der Waals surface area contributed by atoms with Gasteiger partial charge in [0.2, 0.25) is 0 Å². The zero-order chi connectivity index (χ0) is 10.5. The van der Waals surface area contributed by atoms with E-state index in [0.29, 0.717) is 0 Å². The molecule has 0 saturated heterocycles. The lowest BCUT2D eigenvalue weighted by molar-refractivity contribution is -0.112. The zero-order valence-electron chi connectivity index (χ0n) is 6.53. The standard InChI is InChI=1S/C8H2BrClFNO2/c9-3-1-2-6(5(11)4(3)10)12-8(14)7(2)13/h1H,(H,12,13,14). The van der Waals surface area contributed by atoms with Crippen molar-refractivity contribution in [2.45, 2.75) is 0 Å². The van der Waals surface area contributed by atoms with Crippen LogP contribution in [0.4, 0.5) is 10.1 Å². The minimum atomic E-state index is -0.840. The highest BCUT2D eigenvalue weighted by Crippen LogP contribution is 2.36. The molecular weight excluding hydrogens is 276 g/mol. The fourth-order valence-corrected chi connectivity index (χ4v) is 1.74. The van der Waals surface area contributed by atoms with Crippen molar-refractivity contribution in [1.29, 1.82) is 0 Å². The molecule has 0 aromatic heterocycles. The van der Waals surface area contributed by atoms with Crippen molar-refractivity contribution >= 4 is 44.9 Å². The molecule has 0 atom stereocenters. The number of hydrogen-bond acceptors (Lipinski definition) is 2. The Kier molecular flexibility index (Phi) is 2.08. The first-order valence-corrected chi connectivity index (χ1v) is 4.72. The van der Waals surface area contributed by atoms with E-state index < -0.39 is 17.5 Å². The van der Waals surface area contributed by atoms with Gasteiger partial charge in [0, 0.05) is 4.47 Å². The average Bonchev–Trinajstić information content (AvgIpc) is 2.42. The van der Waals surface area contributed by atoms with Crippen LogP contribution in [-0.2, 0) is 4.79 Å². The third-order valence-corrected chi connectivity index (χ3v) is 3.07. The molecule has 72 valence electrons. The third-order valence-electron chi connectivity index (χ3n) is 1.85. The average molecular weight is 278 g/mol. The number of amides is 1. The van der Waals surface area contributed by atoms with Gasteiger partial charge in [0.15, 0.2) is 5.82 Å². The van der Waals surface area contributed by atoms with E-state index in [1.165, 1.54) is 6.07 Å². The molecule has 2 rings (SSSR count). The Morgan fingerprint density at radius 2 is 2.07 bits per heavy atom. The molecule has 0 fully saturated rings. The first-order chi connectivity index (χ1) is 6.52. The minimum Gasteiger partial charge on any atom is -0.316 e. The normalized spacial score (nSPS) is 14.2. The SMILES string of the molecule is O=C1Nc2c(cc(Br)c(Cl)c2F)C1=O. The maximum atomic E-state index is 13.4. The smallest absolute Gasteiger partial charge is 0.296 e. The quantitative estimate of drug-likeness (QED) is 0.585. The summed E-state index contributed by atoms with van der Waals surface area (Å²) in [5, 5.41) is 1.96. The van der Waals surface area contributed by atoms with Crippen LogP contribution in [-0.4, -0.2) is 11.7 Å². The number of carbonyl (C=O) groups is 2. The fourth-order valence-electron chi connectivity index (χ4n) is 1.19. The van der Waals surface area contributed by atoms with Crippen LogP contribution in [0.15, 0.2) is 10.5 Å². The molecule has 0 spiro atoms. The summed E-state index contributed by atoms with van der Waals surface area (Å²) in [4.78, 5) is 22.1. The number of Topliss-reactive ketones (excluding diaryl/α,β-unsaturated/α-hetero) is 1. The van der Waals surface area contributed by atoms with Crippen LogP contribution >= 0.6 is 27.5 Å². The topological polar surface area (TPSA) is 46.2 Å². The fraction of sp³-hybridized carbons (Fsp3) is 0. The molecular formula is C8H2BrClFNO2. The van der Waals surface area contributed by atoms with Gasteiger partial charge in [-0.3, -0.25) is 9.59 Å².